The van der Waals surface area contributed by atoms with Gasteiger partial charge in [-0.2, -0.15) is 0 Å². The molecule has 168 valence electrons. The zero-order valence-electron chi connectivity index (χ0n) is 18.3. The number of hydrogen-bond donors (Lipinski definition) is 0. The van der Waals surface area contributed by atoms with E-state index in [4.69, 9.17) is 9.47 Å². The lowest BCUT2D eigenvalue weighted by Gasteiger charge is -2.34. The number of piperazine rings is 1. The summed E-state index contributed by atoms with van der Waals surface area (Å²) in [7, 11) is 1.63. The molecule has 0 unspecified atom stereocenters. The van der Waals surface area contributed by atoms with Crippen LogP contribution in [-0.2, 0) is 13.2 Å². The first-order valence-electron chi connectivity index (χ1n) is 10.6. The molecular formula is C25H27FN2O3S. The number of amides is 1. The molecule has 4 rings (SSSR count). The smallest absolute Gasteiger partial charge is 0.264 e. The van der Waals surface area contributed by atoms with Crippen LogP contribution in [0.25, 0.3) is 0 Å². The van der Waals surface area contributed by atoms with E-state index in [-0.39, 0.29) is 11.7 Å². The van der Waals surface area contributed by atoms with Crippen LogP contribution < -0.4 is 9.47 Å². The monoisotopic (exact) mass is 454 g/mol. The van der Waals surface area contributed by atoms with Crippen molar-refractivity contribution in [3.05, 3.63) is 81.3 Å². The Morgan fingerprint density at radius 1 is 1.03 bits per heavy atom. The molecule has 2 heterocycles. The predicted molar refractivity (Wildman–Crippen MR) is 124 cm³/mol. The van der Waals surface area contributed by atoms with E-state index in [1.807, 2.05) is 47.5 Å². The lowest BCUT2D eigenvalue weighted by Crippen LogP contribution is -2.48. The van der Waals surface area contributed by atoms with Crippen LogP contribution in [0.2, 0.25) is 0 Å². The number of halogens is 1. The first-order valence-corrected chi connectivity index (χ1v) is 11.5. The van der Waals surface area contributed by atoms with Gasteiger partial charge in [-0.1, -0.05) is 18.2 Å². The molecule has 1 amide bonds. The van der Waals surface area contributed by atoms with Gasteiger partial charge in [-0.25, -0.2) is 4.39 Å². The van der Waals surface area contributed by atoms with Crippen molar-refractivity contribution in [2.24, 2.45) is 0 Å². The fourth-order valence-electron chi connectivity index (χ4n) is 3.78. The third kappa shape index (κ3) is 5.47. The molecule has 1 saturated heterocycles. The first kappa shape index (κ1) is 22.3. The van der Waals surface area contributed by atoms with E-state index in [0.717, 1.165) is 34.7 Å². The Hall–Kier alpha value is -2.90. The van der Waals surface area contributed by atoms with Crippen molar-refractivity contribution in [2.45, 2.75) is 20.1 Å². The van der Waals surface area contributed by atoms with Gasteiger partial charge in [-0.05, 0) is 53.8 Å². The third-order valence-corrected chi connectivity index (χ3v) is 6.50. The van der Waals surface area contributed by atoms with E-state index in [1.54, 1.807) is 19.2 Å². The average Bonchev–Trinajstić information content (AvgIpc) is 3.27. The van der Waals surface area contributed by atoms with Gasteiger partial charge in [0.05, 0.1) is 12.0 Å². The highest BCUT2D eigenvalue weighted by atomic mass is 32.1. The molecule has 0 radical (unpaired) electrons. The van der Waals surface area contributed by atoms with Crippen molar-refractivity contribution in [3.8, 4) is 11.5 Å². The maximum Gasteiger partial charge on any atom is 0.264 e. The fourth-order valence-corrected chi connectivity index (χ4v) is 4.64. The highest BCUT2D eigenvalue weighted by Gasteiger charge is 2.23. The van der Waals surface area contributed by atoms with Gasteiger partial charge in [-0.3, -0.25) is 9.69 Å². The van der Waals surface area contributed by atoms with Crippen molar-refractivity contribution < 1.29 is 18.7 Å². The van der Waals surface area contributed by atoms with Crippen molar-refractivity contribution in [1.29, 1.82) is 0 Å². The number of ether oxygens (including phenoxy) is 2. The minimum absolute atomic E-state index is 0.0552. The molecule has 3 aromatic rings. The number of rotatable bonds is 7. The minimum atomic E-state index is -0.213. The maximum absolute atomic E-state index is 13.4. The maximum atomic E-state index is 13.4. The highest BCUT2D eigenvalue weighted by Crippen LogP contribution is 2.29. The summed E-state index contributed by atoms with van der Waals surface area (Å²) in [6.45, 7) is 5.96. The molecule has 0 atom stereocenters. The molecule has 1 aromatic heterocycles. The number of hydrogen-bond acceptors (Lipinski definition) is 5. The summed E-state index contributed by atoms with van der Waals surface area (Å²) in [5.74, 6) is 1.23. The van der Waals surface area contributed by atoms with Crippen LogP contribution in [0.3, 0.4) is 0 Å². The largest absolute Gasteiger partial charge is 0.493 e. The summed E-state index contributed by atoms with van der Waals surface area (Å²) in [6, 6.07) is 14.4. The van der Waals surface area contributed by atoms with Crippen molar-refractivity contribution >= 4 is 17.2 Å². The predicted octanol–water partition coefficient (Wildman–Crippen LogP) is 4.74. The average molecular weight is 455 g/mol. The lowest BCUT2D eigenvalue weighted by molar-refractivity contribution is 0.0633. The lowest BCUT2D eigenvalue weighted by atomic mass is 10.2. The van der Waals surface area contributed by atoms with Gasteiger partial charge in [-0.15, -0.1) is 11.3 Å². The van der Waals surface area contributed by atoms with E-state index >= 15 is 0 Å². The Balaban J connectivity index is 1.29. The quantitative estimate of drug-likeness (QED) is 0.517. The van der Waals surface area contributed by atoms with Crippen LogP contribution in [0.1, 0.15) is 26.4 Å². The standard InChI is InChI=1S/C25H27FN2O3S/c1-18-6-7-22(23(12-18)30-2)31-16-20-14-24(32-17-20)25(29)28-10-8-27(9-11-28)15-19-4-3-5-21(26)13-19/h3-7,12-14,17H,8-11,15-16H2,1-2H3. The van der Waals surface area contributed by atoms with Crippen molar-refractivity contribution in [3.63, 3.8) is 0 Å². The summed E-state index contributed by atoms with van der Waals surface area (Å²) in [6.07, 6.45) is 0. The molecule has 0 spiro atoms. The summed E-state index contributed by atoms with van der Waals surface area (Å²) >= 11 is 1.45. The Kier molecular flexibility index (Phi) is 7.07. The molecule has 0 saturated carbocycles. The van der Waals surface area contributed by atoms with Crippen molar-refractivity contribution in [1.82, 2.24) is 9.80 Å². The molecular weight excluding hydrogens is 427 g/mol. The summed E-state index contributed by atoms with van der Waals surface area (Å²) in [5.41, 5.74) is 3.03. The summed E-state index contributed by atoms with van der Waals surface area (Å²) < 4.78 is 24.7. The molecule has 5 nitrogen and oxygen atoms in total. The number of methoxy groups -OCH3 is 1. The number of aryl methyl sites for hydroxylation is 1. The molecule has 1 fully saturated rings. The summed E-state index contributed by atoms with van der Waals surface area (Å²) in [5, 5.41) is 1.97. The number of nitrogens with zero attached hydrogens (tertiary/aromatic N) is 2. The van der Waals surface area contributed by atoms with Crippen LogP contribution >= 0.6 is 11.3 Å². The number of carbonyl (C=O) groups excluding carboxylic acids is 1. The SMILES string of the molecule is COc1cc(C)ccc1OCc1csc(C(=O)N2CCN(Cc3cccc(F)c3)CC2)c1. The van der Waals surface area contributed by atoms with E-state index in [2.05, 4.69) is 4.90 Å². The molecule has 0 N–H and O–H groups in total. The Morgan fingerprint density at radius 3 is 2.59 bits per heavy atom. The van der Waals surface area contributed by atoms with Crippen molar-refractivity contribution in [2.75, 3.05) is 33.3 Å². The normalized spacial score (nSPS) is 14.4. The highest BCUT2D eigenvalue weighted by molar-refractivity contribution is 7.12. The second-order valence-corrected chi connectivity index (χ2v) is 8.87. The van der Waals surface area contributed by atoms with E-state index < -0.39 is 0 Å². The molecule has 32 heavy (non-hydrogen) atoms. The molecule has 1 aliphatic heterocycles. The third-order valence-electron chi connectivity index (χ3n) is 5.53. The van der Waals surface area contributed by atoms with Gasteiger partial charge < -0.3 is 14.4 Å². The second-order valence-electron chi connectivity index (χ2n) is 7.96. The molecule has 0 aliphatic carbocycles. The number of benzene rings is 2. The van der Waals surface area contributed by atoms with Crippen LogP contribution in [-0.4, -0.2) is 49.0 Å². The zero-order chi connectivity index (χ0) is 22.5. The number of thiophene rings is 1. The Morgan fingerprint density at radius 2 is 1.84 bits per heavy atom. The van der Waals surface area contributed by atoms with E-state index in [1.165, 1.54) is 17.4 Å². The molecule has 0 bridgehead atoms. The van der Waals surface area contributed by atoms with Crippen LogP contribution in [0, 0.1) is 12.7 Å². The Bertz CT molecular complexity index is 1080. The van der Waals surface area contributed by atoms with Crippen LogP contribution in [0.5, 0.6) is 11.5 Å². The minimum Gasteiger partial charge on any atom is -0.493 e. The van der Waals surface area contributed by atoms with Gasteiger partial charge in [0.1, 0.15) is 12.4 Å². The van der Waals surface area contributed by atoms with Crippen LogP contribution in [0.4, 0.5) is 4.39 Å². The Labute approximate surface area is 192 Å². The van der Waals surface area contributed by atoms with Gasteiger partial charge >= 0.3 is 0 Å². The van der Waals surface area contributed by atoms with E-state index in [9.17, 15) is 9.18 Å². The van der Waals surface area contributed by atoms with Gasteiger partial charge in [0, 0.05) is 38.3 Å². The first-order chi connectivity index (χ1) is 15.5. The molecule has 7 heteroatoms. The summed E-state index contributed by atoms with van der Waals surface area (Å²) in [4.78, 5) is 17.8. The van der Waals surface area contributed by atoms with Gasteiger partial charge in [0.15, 0.2) is 11.5 Å². The number of carbonyl (C=O) groups is 1. The van der Waals surface area contributed by atoms with Crippen LogP contribution in [0.15, 0.2) is 53.9 Å². The van der Waals surface area contributed by atoms with E-state index in [0.29, 0.717) is 37.7 Å². The molecule has 1 aliphatic rings. The van der Waals surface area contributed by atoms with Gasteiger partial charge in [0.25, 0.3) is 5.91 Å². The fraction of sp³-hybridized carbons (Fsp3) is 0.320. The van der Waals surface area contributed by atoms with Gasteiger partial charge in [0.2, 0.25) is 0 Å². The molecule has 2 aromatic carbocycles. The second kappa shape index (κ2) is 10.1. The topological polar surface area (TPSA) is 42.0 Å². The zero-order valence-corrected chi connectivity index (χ0v) is 19.2.